The number of benzene rings is 2. The Bertz CT molecular complexity index is 862. The highest BCUT2D eigenvalue weighted by Crippen LogP contribution is 2.24. The van der Waals surface area contributed by atoms with Gasteiger partial charge in [-0.2, -0.15) is 0 Å². The number of anilines is 2. The maximum absolute atomic E-state index is 12.4. The summed E-state index contributed by atoms with van der Waals surface area (Å²) in [4.78, 5) is 36.5. The van der Waals surface area contributed by atoms with Crippen molar-refractivity contribution in [3.8, 4) is 0 Å². The third kappa shape index (κ3) is 3.72. The molecule has 0 aliphatic carbocycles. The Labute approximate surface area is 150 Å². The minimum absolute atomic E-state index is 0.0788. The van der Waals surface area contributed by atoms with E-state index in [0.29, 0.717) is 24.2 Å². The Hall–Kier alpha value is -3.22. The summed E-state index contributed by atoms with van der Waals surface area (Å²) in [5, 5.41) is 13.6. The SMILES string of the molecule is Cc1ccc([N+](=O)[O-])cc1NC(=O)c1ccc(N2CCCCC2=O)cc1. The summed E-state index contributed by atoms with van der Waals surface area (Å²) >= 11 is 0. The number of piperidine rings is 1. The van der Waals surface area contributed by atoms with Crippen LogP contribution in [0.4, 0.5) is 17.1 Å². The van der Waals surface area contributed by atoms with Gasteiger partial charge in [0.1, 0.15) is 0 Å². The molecule has 1 fully saturated rings. The van der Waals surface area contributed by atoms with E-state index in [4.69, 9.17) is 0 Å². The summed E-state index contributed by atoms with van der Waals surface area (Å²) in [5.41, 5.74) is 2.26. The number of nitro groups is 1. The van der Waals surface area contributed by atoms with Crippen molar-refractivity contribution in [1.82, 2.24) is 0 Å². The molecule has 1 aliphatic rings. The first-order valence-electron chi connectivity index (χ1n) is 8.42. The van der Waals surface area contributed by atoms with E-state index >= 15 is 0 Å². The van der Waals surface area contributed by atoms with Crippen molar-refractivity contribution in [1.29, 1.82) is 0 Å². The van der Waals surface area contributed by atoms with Gasteiger partial charge in [0.05, 0.1) is 10.6 Å². The molecular weight excluding hydrogens is 334 g/mol. The molecule has 7 heteroatoms. The molecule has 0 saturated carbocycles. The molecule has 0 radical (unpaired) electrons. The largest absolute Gasteiger partial charge is 0.321 e. The van der Waals surface area contributed by atoms with Crippen LogP contribution < -0.4 is 10.2 Å². The maximum Gasteiger partial charge on any atom is 0.271 e. The van der Waals surface area contributed by atoms with Crippen molar-refractivity contribution in [2.24, 2.45) is 0 Å². The van der Waals surface area contributed by atoms with Gasteiger partial charge in [0.25, 0.3) is 11.6 Å². The second-order valence-electron chi connectivity index (χ2n) is 6.26. The molecule has 2 amide bonds. The molecule has 7 nitrogen and oxygen atoms in total. The van der Waals surface area contributed by atoms with Gasteiger partial charge in [-0.15, -0.1) is 0 Å². The number of hydrogen-bond donors (Lipinski definition) is 1. The van der Waals surface area contributed by atoms with E-state index in [1.807, 2.05) is 0 Å². The fraction of sp³-hybridized carbons (Fsp3) is 0.263. The van der Waals surface area contributed by atoms with Crippen LogP contribution in [0.1, 0.15) is 35.2 Å². The molecule has 26 heavy (non-hydrogen) atoms. The molecule has 1 aliphatic heterocycles. The van der Waals surface area contributed by atoms with E-state index < -0.39 is 4.92 Å². The first-order valence-corrected chi connectivity index (χ1v) is 8.42. The predicted octanol–water partition coefficient (Wildman–Crippen LogP) is 3.67. The smallest absolute Gasteiger partial charge is 0.271 e. The first kappa shape index (κ1) is 17.6. The highest BCUT2D eigenvalue weighted by atomic mass is 16.6. The molecule has 2 aromatic carbocycles. The number of nitro benzene ring substituents is 1. The van der Waals surface area contributed by atoms with Gasteiger partial charge in [0.2, 0.25) is 5.91 Å². The topological polar surface area (TPSA) is 92.6 Å². The van der Waals surface area contributed by atoms with Crippen LogP contribution in [0.25, 0.3) is 0 Å². The quantitative estimate of drug-likeness (QED) is 0.670. The average Bonchev–Trinajstić information content (AvgIpc) is 2.64. The van der Waals surface area contributed by atoms with Crippen LogP contribution in [0.15, 0.2) is 42.5 Å². The van der Waals surface area contributed by atoms with E-state index in [1.165, 1.54) is 12.1 Å². The summed E-state index contributed by atoms with van der Waals surface area (Å²) in [6.45, 7) is 2.46. The van der Waals surface area contributed by atoms with Crippen molar-refractivity contribution in [2.45, 2.75) is 26.2 Å². The summed E-state index contributed by atoms with van der Waals surface area (Å²) in [6, 6.07) is 11.1. The van der Waals surface area contributed by atoms with Gasteiger partial charge in [0.15, 0.2) is 0 Å². The predicted molar refractivity (Wildman–Crippen MR) is 98.4 cm³/mol. The lowest BCUT2D eigenvalue weighted by Crippen LogP contribution is -2.35. The average molecular weight is 353 g/mol. The number of carbonyl (C=O) groups excluding carboxylic acids is 2. The van der Waals surface area contributed by atoms with Gasteiger partial charge in [0, 0.05) is 36.3 Å². The number of amides is 2. The number of carbonyl (C=O) groups is 2. The molecule has 0 atom stereocenters. The van der Waals surface area contributed by atoms with Crippen LogP contribution in [0.3, 0.4) is 0 Å². The molecule has 2 aromatic rings. The van der Waals surface area contributed by atoms with E-state index in [0.717, 1.165) is 24.1 Å². The van der Waals surface area contributed by atoms with Crippen molar-refractivity contribution >= 4 is 28.9 Å². The van der Waals surface area contributed by atoms with Crippen molar-refractivity contribution in [3.05, 3.63) is 63.7 Å². The van der Waals surface area contributed by atoms with Crippen molar-refractivity contribution in [3.63, 3.8) is 0 Å². The normalized spacial score (nSPS) is 14.2. The van der Waals surface area contributed by atoms with Crippen LogP contribution in [0.5, 0.6) is 0 Å². The number of nitrogens with one attached hydrogen (secondary N) is 1. The Morgan fingerprint density at radius 3 is 2.54 bits per heavy atom. The zero-order valence-corrected chi connectivity index (χ0v) is 14.4. The lowest BCUT2D eigenvalue weighted by molar-refractivity contribution is -0.384. The Morgan fingerprint density at radius 1 is 1.15 bits per heavy atom. The second-order valence-corrected chi connectivity index (χ2v) is 6.26. The maximum atomic E-state index is 12.4. The summed E-state index contributed by atoms with van der Waals surface area (Å²) in [5.74, 6) is -0.259. The molecule has 0 spiro atoms. The number of non-ortho nitro benzene ring substituents is 1. The molecule has 0 bridgehead atoms. The molecule has 0 unspecified atom stereocenters. The zero-order valence-electron chi connectivity index (χ0n) is 14.4. The molecule has 3 rings (SSSR count). The molecule has 1 N–H and O–H groups in total. The van der Waals surface area contributed by atoms with E-state index in [9.17, 15) is 19.7 Å². The minimum atomic E-state index is -0.500. The molecule has 1 saturated heterocycles. The monoisotopic (exact) mass is 353 g/mol. The highest BCUT2D eigenvalue weighted by Gasteiger charge is 2.20. The fourth-order valence-electron chi connectivity index (χ4n) is 2.92. The van der Waals surface area contributed by atoms with E-state index in [1.54, 1.807) is 42.2 Å². The highest BCUT2D eigenvalue weighted by molar-refractivity contribution is 6.05. The van der Waals surface area contributed by atoms with Gasteiger partial charge in [-0.3, -0.25) is 19.7 Å². The van der Waals surface area contributed by atoms with Crippen LogP contribution in [0, 0.1) is 17.0 Å². The van der Waals surface area contributed by atoms with Crippen molar-refractivity contribution < 1.29 is 14.5 Å². The third-order valence-corrected chi connectivity index (χ3v) is 4.44. The fourth-order valence-corrected chi connectivity index (χ4v) is 2.92. The molecule has 0 aromatic heterocycles. The van der Waals surface area contributed by atoms with Crippen molar-refractivity contribution in [2.75, 3.05) is 16.8 Å². The third-order valence-electron chi connectivity index (χ3n) is 4.44. The van der Waals surface area contributed by atoms with Crippen LogP contribution in [0.2, 0.25) is 0 Å². The standard InChI is InChI=1S/C19H19N3O4/c1-13-5-8-16(22(25)26)12-17(13)20-19(24)14-6-9-15(10-7-14)21-11-3-2-4-18(21)23/h5-10,12H,2-4,11H2,1H3,(H,20,24). The van der Waals surface area contributed by atoms with E-state index in [2.05, 4.69) is 5.32 Å². The number of aryl methyl sites for hydroxylation is 1. The minimum Gasteiger partial charge on any atom is -0.321 e. The van der Waals surface area contributed by atoms with Crippen LogP contribution in [-0.2, 0) is 4.79 Å². The lowest BCUT2D eigenvalue weighted by Gasteiger charge is -2.26. The Kier molecular flexibility index (Phi) is 4.97. The zero-order chi connectivity index (χ0) is 18.7. The van der Waals surface area contributed by atoms with Gasteiger partial charge in [-0.05, 0) is 49.6 Å². The second kappa shape index (κ2) is 7.35. The summed E-state index contributed by atoms with van der Waals surface area (Å²) < 4.78 is 0. The lowest BCUT2D eigenvalue weighted by atomic mass is 10.1. The summed E-state index contributed by atoms with van der Waals surface area (Å²) in [7, 11) is 0. The van der Waals surface area contributed by atoms with E-state index in [-0.39, 0.29) is 17.5 Å². The van der Waals surface area contributed by atoms with Gasteiger partial charge < -0.3 is 10.2 Å². The van der Waals surface area contributed by atoms with Gasteiger partial charge in [-0.1, -0.05) is 6.07 Å². The number of rotatable bonds is 4. The van der Waals surface area contributed by atoms with Gasteiger partial charge in [-0.25, -0.2) is 0 Å². The Balaban J connectivity index is 1.75. The summed E-state index contributed by atoms with van der Waals surface area (Å²) in [6.07, 6.45) is 2.44. The first-order chi connectivity index (χ1) is 12.5. The van der Waals surface area contributed by atoms with Crippen LogP contribution >= 0.6 is 0 Å². The molecule has 1 heterocycles. The van der Waals surface area contributed by atoms with Crippen LogP contribution in [-0.4, -0.2) is 23.3 Å². The van der Waals surface area contributed by atoms with Gasteiger partial charge >= 0.3 is 0 Å². The molecular formula is C19H19N3O4. The number of hydrogen-bond acceptors (Lipinski definition) is 4. The molecule has 134 valence electrons. The Morgan fingerprint density at radius 2 is 1.88 bits per heavy atom. The number of nitrogens with zero attached hydrogens (tertiary/aromatic N) is 2.